The summed E-state index contributed by atoms with van der Waals surface area (Å²) < 4.78 is 0. The minimum Gasteiger partial charge on any atom is -0.0851 e. The summed E-state index contributed by atoms with van der Waals surface area (Å²) in [6.07, 6.45) is 38.2. The second kappa shape index (κ2) is 15.6. The minimum atomic E-state index is 0.910. The van der Waals surface area contributed by atoms with Gasteiger partial charge in [0.25, 0.3) is 0 Å². The summed E-state index contributed by atoms with van der Waals surface area (Å²) in [5.41, 5.74) is 0. The van der Waals surface area contributed by atoms with Crippen LogP contribution in [-0.4, -0.2) is 0 Å². The average Bonchev–Trinajstić information content (AvgIpc) is 2.84. The molecule has 0 aromatic heterocycles. The predicted molar refractivity (Wildman–Crippen MR) is 143 cm³/mol. The lowest BCUT2D eigenvalue weighted by Gasteiger charge is -2.37. The highest BCUT2D eigenvalue weighted by molar-refractivity contribution is 4.97. The summed E-state index contributed by atoms with van der Waals surface area (Å²) in [4.78, 5) is 0. The monoisotopic (exact) mass is 442 g/mol. The van der Waals surface area contributed by atoms with E-state index in [4.69, 9.17) is 0 Å². The summed E-state index contributed by atoms with van der Waals surface area (Å²) in [6, 6.07) is 0. The zero-order valence-electron chi connectivity index (χ0n) is 22.2. The molecule has 0 aromatic carbocycles. The number of allylic oxidation sites excluding steroid dienone is 2. The van der Waals surface area contributed by atoms with E-state index in [-0.39, 0.29) is 0 Å². The Labute approximate surface area is 202 Å². The highest BCUT2D eigenvalue weighted by Crippen LogP contribution is 2.43. The lowest BCUT2D eigenvalue weighted by atomic mass is 9.68. The van der Waals surface area contributed by atoms with Crippen LogP contribution in [0, 0.1) is 35.5 Å². The lowest BCUT2D eigenvalue weighted by Crippen LogP contribution is -2.25. The number of rotatable bonds is 13. The van der Waals surface area contributed by atoms with Gasteiger partial charge in [-0.3, -0.25) is 0 Å². The van der Waals surface area contributed by atoms with E-state index >= 15 is 0 Å². The Morgan fingerprint density at radius 2 is 0.812 bits per heavy atom. The Balaban J connectivity index is 1.24. The van der Waals surface area contributed by atoms with Crippen molar-refractivity contribution in [2.45, 2.75) is 155 Å². The molecule has 0 amide bonds. The first-order valence-corrected chi connectivity index (χ1v) is 15.5. The molecule has 0 unspecified atom stereocenters. The van der Waals surface area contributed by atoms with Crippen LogP contribution in [0.1, 0.15) is 155 Å². The number of unbranched alkanes of at least 4 members (excludes halogenated alkanes) is 6. The third-order valence-electron chi connectivity index (χ3n) is 9.85. The van der Waals surface area contributed by atoms with Crippen molar-refractivity contribution in [2.75, 3.05) is 0 Å². The van der Waals surface area contributed by atoms with Gasteiger partial charge in [0.2, 0.25) is 0 Å². The van der Waals surface area contributed by atoms with Gasteiger partial charge in [-0.1, -0.05) is 103 Å². The molecule has 186 valence electrons. The van der Waals surface area contributed by atoms with Crippen LogP contribution in [0.2, 0.25) is 0 Å². The molecule has 0 nitrogen and oxygen atoms in total. The molecule has 3 rings (SSSR count). The smallest absolute Gasteiger partial charge is 0.0233 e. The van der Waals surface area contributed by atoms with Crippen molar-refractivity contribution in [3.05, 3.63) is 12.2 Å². The molecule has 3 aliphatic rings. The topological polar surface area (TPSA) is 0 Å². The van der Waals surface area contributed by atoms with Crippen molar-refractivity contribution in [1.29, 1.82) is 0 Å². The van der Waals surface area contributed by atoms with E-state index in [0.29, 0.717) is 0 Å². The highest BCUT2D eigenvalue weighted by Gasteiger charge is 2.30. The zero-order valence-corrected chi connectivity index (χ0v) is 22.2. The molecular weight excluding hydrogens is 384 g/mol. The Morgan fingerprint density at radius 3 is 1.34 bits per heavy atom. The average molecular weight is 443 g/mol. The largest absolute Gasteiger partial charge is 0.0851 e. The summed E-state index contributed by atoms with van der Waals surface area (Å²) in [7, 11) is 0. The van der Waals surface area contributed by atoms with Crippen molar-refractivity contribution >= 4 is 0 Å². The first-order valence-electron chi connectivity index (χ1n) is 15.5. The fourth-order valence-electron chi connectivity index (χ4n) is 7.46. The van der Waals surface area contributed by atoms with Crippen LogP contribution in [0.25, 0.3) is 0 Å². The molecule has 3 saturated carbocycles. The summed E-state index contributed by atoms with van der Waals surface area (Å²) in [5, 5.41) is 0. The maximum Gasteiger partial charge on any atom is -0.0233 e. The van der Waals surface area contributed by atoms with Crippen LogP contribution in [0.5, 0.6) is 0 Å². The second-order valence-electron chi connectivity index (χ2n) is 12.3. The standard InChI is InChI=1S/C32H58/c1-3-5-7-8-10-12-28-19-23-31(24-20-28)32-25-21-30(22-26-32)18-17-29-15-13-27(14-16-29)11-9-6-4-2/h17-18,27-32H,3-16,19-26H2,1-2H3/b18-17+. The molecule has 0 N–H and O–H groups in total. The fourth-order valence-corrected chi connectivity index (χ4v) is 7.46. The summed E-state index contributed by atoms with van der Waals surface area (Å²) in [6.45, 7) is 4.66. The van der Waals surface area contributed by atoms with E-state index in [1.807, 2.05) is 0 Å². The van der Waals surface area contributed by atoms with E-state index < -0.39 is 0 Å². The van der Waals surface area contributed by atoms with Gasteiger partial charge in [0.05, 0.1) is 0 Å². The summed E-state index contributed by atoms with van der Waals surface area (Å²) >= 11 is 0. The molecule has 0 saturated heterocycles. The second-order valence-corrected chi connectivity index (χ2v) is 12.3. The van der Waals surface area contributed by atoms with Gasteiger partial charge in [-0.15, -0.1) is 0 Å². The van der Waals surface area contributed by atoms with Gasteiger partial charge in [0, 0.05) is 0 Å². The summed E-state index contributed by atoms with van der Waals surface area (Å²) in [5.74, 6) is 6.11. The molecule has 0 bridgehead atoms. The molecule has 3 fully saturated rings. The molecule has 0 aliphatic heterocycles. The number of hydrogen-bond acceptors (Lipinski definition) is 0. The Hall–Kier alpha value is -0.260. The Morgan fingerprint density at radius 1 is 0.438 bits per heavy atom. The minimum absolute atomic E-state index is 0.910. The molecule has 0 heteroatoms. The van der Waals surface area contributed by atoms with E-state index in [1.54, 1.807) is 25.7 Å². The maximum atomic E-state index is 2.67. The molecule has 0 heterocycles. The van der Waals surface area contributed by atoms with Gasteiger partial charge in [0.15, 0.2) is 0 Å². The zero-order chi connectivity index (χ0) is 22.4. The third-order valence-corrected chi connectivity index (χ3v) is 9.85. The first-order chi connectivity index (χ1) is 15.8. The van der Waals surface area contributed by atoms with Crippen molar-refractivity contribution in [3.63, 3.8) is 0 Å². The van der Waals surface area contributed by atoms with Crippen molar-refractivity contribution in [2.24, 2.45) is 35.5 Å². The van der Waals surface area contributed by atoms with Crippen LogP contribution in [0.15, 0.2) is 12.2 Å². The molecule has 0 spiro atoms. The van der Waals surface area contributed by atoms with Gasteiger partial charge in [-0.2, -0.15) is 0 Å². The van der Waals surface area contributed by atoms with Crippen molar-refractivity contribution < 1.29 is 0 Å². The van der Waals surface area contributed by atoms with E-state index in [2.05, 4.69) is 26.0 Å². The van der Waals surface area contributed by atoms with Gasteiger partial charge in [-0.05, 0) is 99.7 Å². The van der Waals surface area contributed by atoms with Crippen molar-refractivity contribution in [1.82, 2.24) is 0 Å². The van der Waals surface area contributed by atoms with Crippen LogP contribution < -0.4 is 0 Å². The molecular formula is C32H58. The van der Waals surface area contributed by atoms with Crippen LogP contribution in [0.4, 0.5) is 0 Å². The Kier molecular flexibility index (Phi) is 12.8. The van der Waals surface area contributed by atoms with Crippen LogP contribution in [0.3, 0.4) is 0 Å². The molecule has 0 radical (unpaired) electrons. The van der Waals surface area contributed by atoms with Crippen LogP contribution in [-0.2, 0) is 0 Å². The SMILES string of the molecule is CCCCCCCC1CCC(C2CCC(/C=C/C3CCC(CCCCC)CC3)CC2)CC1. The third kappa shape index (κ3) is 9.54. The van der Waals surface area contributed by atoms with Gasteiger partial charge < -0.3 is 0 Å². The maximum absolute atomic E-state index is 2.67. The van der Waals surface area contributed by atoms with Crippen LogP contribution >= 0.6 is 0 Å². The quantitative estimate of drug-likeness (QED) is 0.196. The normalized spacial score (nSPS) is 34.2. The van der Waals surface area contributed by atoms with E-state index in [9.17, 15) is 0 Å². The van der Waals surface area contributed by atoms with E-state index in [0.717, 1.165) is 35.5 Å². The van der Waals surface area contributed by atoms with E-state index in [1.165, 1.54) is 116 Å². The Bertz CT molecular complexity index is 466. The first kappa shape index (κ1) is 26.3. The van der Waals surface area contributed by atoms with Gasteiger partial charge in [0.1, 0.15) is 0 Å². The fraction of sp³-hybridized carbons (Fsp3) is 0.938. The molecule has 3 aliphatic carbocycles. The van der Waals surface area contributed by atoms with Crippen molar-refractivity contribution in [3.8, 4) is 0 Å². The highest BCUT2D eigenvalue weighted by atomic mass is 14.4. The molecule has 32 heavy (non-hydrogen) atoms. The molecule has 0 aromatic rings. The lowest BCUT2D eigenvalue weighted by molar-refractivity contribution is 0.151. The van der Waals surface area contributed by atoms with Gasteiger partial charge >= 0.3 is 0 Å². The van der Waals surface area contributed by atoms with Gasteiger partial charge in [-0.25, -0.2) is 0 Å². The molecule has 0 atom stereocenters. The number of hydrogen-bond donors (Lipinski definition) is 0. The predicted octanol–water partition coefficient (Wildman–Crippen LogP) is 10.9.